The van der Waals surface area contributed by atoms with Gasteiger partial charge in [0.1, 0.15) is 4.91 Å². The average Bonchev–Trinajstić information content (AvgIpc) is 3.15. The lowest BCUT2D eigenvalue weighted by molar-refractivity contribution is -0.384. The molecule has 0 aliphatic carbocycles. The fourth-order valence-corrected chi connectivity index (χ4v) is 5.54. The summed E-state index contributed by atoms with van der Waals surface area (Å²) >= 11 is 2.38. The molecule has 0 radical (unpaired) electrons. The maximum atomic E-state index is 12.2. The smallest absolute Gasteiger partial charge is 0.346 e. The summed E-state index contributed by atoms with van der Waals surface area (Å²) in [5.74, 6) is -0.720. The van der Waals surface area contributed by atoms with E-state index in [9.17, 15) is 19.7 Å². The number of nitro groups is 1. The number of non-ortho nitro benzene ring substituents is 1. The molecule has 0 saturated heterocycles. The van der Waals surface area contributed by atoms with E-state index in [0.29, 0.717) is 16.3 Å². The molecule has 27 heavy (non-hydrogen) atoms. The van der Waals surface area contributed by atoms with Gasteiger partial charge in [0.2, 0.25) is 4.33 Å². The van der Waals surface area contributed by atoms with Gasteiger partial charge >= 0.3 is 5.97 Å². The highest BCUT2D eigenvalue weighted by atomic mass is 32.2. The molecule has 3 rings (SSSR count). The predicted octanol–water partition coefficient (Wildman–Crippen LogP) is 2.74. The minimum Gasteiger partial charge on any atom is -0.465 e. The molecule has 9 nitrogen and oxygen atoms in total. The summed E-state index contributed by atoms with van der Waals surface area (Å²) in [5.41, 5.74) is 1.00. The predicted molar refractivity (Wildman–Crippen MR) is 104 cm³/mol. The Hall–Kier alpha value is -2.53. The Balaban J connectivity index is 2.10. The summed E-state index contributed by atoms with van der Waals surface area (Å²) < 4.78 is 3.86. The quantitative estimate of drug-likeness (QED) is 0.422. The number of nitrogens with zero attached hydrogens (tertiary/aromatic N) is 4. The Bertz CT molecular complexity index is 916. The number of methoxy groups -OCH3 is 1. The molecule has 0 fully saturated rings. The monoisotopic (exact) mass is 408 g/mol. The molecule has 2 aliphatic heterocycles. The molecule has 142 valence electrons. The fourth-order valence-electron chi connectivity index (χ4n) is 2.64. The number of esters is 1. The van der Waals surface area contributed by atoms with Crippen molar-refractivity contribution in [2.24, 2.45) is 5.10 Å². The van der Waals surface area contributed by atoms with Crippen LogP contribution in [0.1, 0.15) is 13.8 Å². The number of benzene rings is 1. The van der Waals surface area contributed by atoms with Crippen molar-refractivity contribution in [1.29, 1.82) is 0 Å². The van der Waals surface area contributed by atoms with Crippen LogP contribution in [0.25, 0.3) is 0 Å². The minimum absolute atomic E-state index is 0.0948. The Morgan fingerprint density at radius 2 is 2.04 bits per heavy atom. The number of carbonyl (C=O) groups excluding carboxylic acids is 2. The van der Waals surface area contributed by atoms with Crippen LogP contribution in [0.4, 0.5) is 11.4 Å². The highest BCUT2D eigenvalue weighted by Gasteiger charge is 2.56. The number of nitro benzene ring substituents is 1. The van der Waals surface area contributed by atoms with Gasteiger partial charge in [-0.2, -0.15) is 5.10 Å². The minimum atomic E-state index is -0.996. The second-order valence-electron chi connectivity index (χ2n) is 5.77. The molecule has 0 saturated carbocycles. The average molecular weight is 408 g/mol. The van der Waals surface area contributed by atoms with Crippen LogP contribution in [-0.4, -0.2) is 45.1 Å². The molecule has 0 unspecified atom stereocenters. The molecular weight excluding hydrogens is 392 g/mol. The van der Waals surface area contributed by atoms with E-state index in [1.54, 1.807) is 26.1 Å². The lowest BCUT2D eigenvalue weighted by Crippen LogP contribution is -2.47. The van der Waals surface area contributed by atoms with Gasteiger partial charge < -0.3 is 9.64 Å². The number of allylic oxidation sites excluding steroid dienone is 1. The Labute approximate surface area is 163 Å². The van der Waals surface area contributed by atoms with Crippen LogP contribution in [0.15, 0.2) is 40.0 Å². The van der Waals surface area contributed by atoms with E-state index in [1.165, 1.54) is 54.7 Å². The van der Waals surface area contributed by atoms with Crippen LogP contribution in [0.5, 0.6) is 0 Å². The molecule has 0 N–H and O–H groups in total. The zero-order valence-electron chi connectivity index (χ0n) is 15.0. The van der Waals surface area contributed by atoms with Crippen LogP contribution >= 0.6 is 23.5 Å². The SMILES string of the molecule is COC(=O)C1=C(C)N(C)[C@@]2(SC(C(C)=O)=NN2c2cccc([N+](=O)[O-])c2)S1. The summed E-state index contributed by atoms with van der Waals surface area (Å²) in [7, 11) is 3.07. The van der Waals surface area contributed by atoms with Crippen LogP contribution in [0.3, 0.4) is 0 Å². The first-order valence-electron chi connectivity index (χ1n) is 7.76. The van der Waals surface area contributed by atoms with Gasteiger partial charge in [-0.3, -0.25) is 14.9 Å². The van der Waals surface area contributed by atoms with Crippen molar-refractivity contribution in [1.82, 2.24) is 4.90 Å². The molecule has 2 heterocycles. The van der Waals surface area contributed by atoms with Crippen molar-refractivity contribution in [3.63, 3.8) is 0 Å². The third-order valence-electron chi connectivity index (χ3n) is 4.14. The van der Waals surface area contributed by atoms with Gasteiger partial charge in [0.15, 0.2) is 10.8 Å². The fraction of sp³-hybridized carbons (Fsp3) is 0.312. The highest BCUT2D eigenvalue weighted by molar-refractivity contribution is 8.28. The molecule has 11 heteroatoms. The first kappa shape index (κ1) is 19.2. The van der Waals surface area contributed by atoms with Crippen molar-refractivity contribution in [2.75, 3.05) is 19.2 Å². The van der Waals surface area contributed by atoms with E-state index in [1.807, 2.05) is 4.90 Å². The Morgan fingerprint density at radius 1 is 1.33 bits per heavy atom. The number of thioether (sulfide) groups is 2. The van der Waals surface area contributed by atoms with E-state index in [0.717, 1.165) is 0 Å². The number of carbonyl (C=O) groups is 2. The summed E-state index contributed by atoms with van der Waals surface area (Å²) in [5, 5.41) is 17.3. The molecule has 0 bridgehead atoms. The number of ether oxygens (including phenoxy) is 1. The van der Waals surface area contributed by atoms with Crippen LogP contribution in [0.2, 0.25) is 0 Å². The second kappa shape index (κ2) is 6.89. The molecule has 1 aromatic rings. The number of ketones is 1. The van der Waals surface area contributed by atoms with Gasteiger partial charge in [-0.05, 0) is 24.8 Å². The van der Waals surface area contributed by atoms with Gasteiger partial charge in [0.05, 0.1) is 17.7 Å². The molecule has 1 spiro atoms. The third-order valence-corrected chi connectivity index (χ3v) is 7.29. The molecule has 2 aliphatic rings. The van der Waals surface area contributed by atoms with E-state index in [-0.39, 0.29) is 16.5 Å². The van der Waals surface area contributed by atoms with Gasteiger partial charge in [-0.15, -0.1) is 0 Å². The number of Topliss-reactive ketones (excluding diaryl/α,β-unsaturated/α-hetero) is 1. The molecule has 1 atom stereocenters. The van der Waals surface area contributed by atoms with E-state index in [2.05, 4.69) is 5.10 Å². The van der Waals surface area contributed by atoms with E-state index in [4.69, 9.17) is 4.74 Å². The molecule has 1 aromatic carbocycles. The van der Waals surface area contributed by atoms with Crippen LogP contribution in [-0.2, 0) is 14.3 Å². The largest absolute Gasteiger partial charge is 0.465 e. The van der Waals surface area contributed by atoms with Gasteiger partial charge in [-0.1, -0.05) is 17.8 Å². The van der Waals surface area contributed by atoms with E-state index >= 15 is 0 Å². The van der Waals surface area contributed by atoms with Gasteiger partial charge in [0.25, 0.3) is 5.69 Å². The molecule has 0 aromatic heterocycles. The number of hydrogen-bond acceptors (Lipinski definition) is 10. The summed E-state index contributed by atoms with van der Waals surface area (Å²) in [6.07, 6.45) is 0. The third kappa shape index (κ3) is 3.06. The number of rotatable bonds is 4. The summed E-state index contributed by atoms with van der Waals surface area (Å²) in [6.45, 7) is 3.17. The number of hydrazone groups is 1. The lowest BCUT2D eigenvalue weighted by atomic mass is 10.3. The van der Waals surface area contributed by atoms with Gasteiger partial charge in [0, 0.05) is 31.8 Å². The zero-order valence-corrected chi connectivity index (χ0v) is 16.6. The van der Waals surface area contributed by atoms with Crippen molar-refractivity contribution in [2.45, 2.75) is 18.2 Å². The number of anilines is 1. The van der Waals surface area contributed by atoms with Crippen molar-refractivity contribution in [3.05, 3.63) is 45.0 Å². The summed E-state index contributed by atoms with van der Waals surface area (Å²) in [4.78, 5) is 37.0. The zero-order chi connectivity index (χ0) is 19.9. The summed E-state index contributed by atoms with van der Waals surface area (Å²) in [6, 6.07) is 5.98. The second-order valence-corrected chi connectivity index (χ2v) is 8.37. The van der Waals surface area contributed by atoms with E-state index < -0.39 is 15.2 Å². The van der Waals surface area contributed by atoms with Crippen molar-refractivity contribution >= 4 is 51.7 Å². The number of hydrogen-bond donors (Lipinski definition) is 0. The first-order valence-corrected chi connectivity index (χ1v) is 9.40. The van der Waals surface area contributed by atoms with Gasteiger partial charge in [-0.25, -0.2) is 9.80 Å². The first-order chi connectivity index (χ1) is 12.7. The topological polar surface area (TPSA) is 105 Å². The maximum Gasteiger partial charge on any atom is 0.346 e. The van der Waals surface area contributed by atoms with Crippen LogP contribution in [0, 0.1) is 10.1 Å². The lowest BCUT2D eigenvalue weighted by Gasteiger charge is -2.39. The normalized spacial score (nSPS) is 21.7. The highest BCUT2D eigenvalue weighted by Crippen LogP contribution is 2.58. The maximum absolute atomic E-state index is 12.2. The Morgan fingerprint density at radius 3 is 2.63 bits per heavy atom. The Kier molecular flexibility index (Phi) is 4.91. The molecular formula is C16H16N4O5S2. The van der Waals surface area contributed by atoms with Crippen LogP contribution < -0.4 is 5.01 Å². The standard InChI is InChI=1S/C16H16N4O5S2/c1-9-13(15(22)25-4)26-16(18(9)3)19(17-14(27-16)10(2)21)11-6-5-7-12(8-11)20(23)24/h5-8H,1-4H3/t16-/m0/s1. The van der Waals surface area contributed by atoms with Crippen molar-refractivity contribution < 1.29 is 19.2 Å². The molecule has 0 amide bonds. The van der Waals surface area contributed by atoms with Crippen molar-refractivity contribution in [3.8, 4) is 0 Å².